The van der Waals surface area contributed by atoms with Gasteiger partial charge in [-0.3, -0.25) is 9.59 Å². The Morgan fingerprint density at radius 3 is 2.47 bits per heavy atom. The van der Waals surface area contributed by atoms with Crippen LogP contribution in [0.5, 0.6) is 0 Å². The summed E-state index contributed by atoms with van der Waals surface area (Å²) in [6, 6.07) is -0.990. The maximum absolute atomic E-state index is 11.3. The summed E-state index contributed by atoms with van der Waals surface area (Å²) in [4.78, 5) is 33.7. The van der Waals surface area contributed by atoms with Crippen molar-refractivity contribution in [1.29, 1.82) is 0 Å². The average molecular weight is 215 g/mol. The third-order valence-corrected chi connectivity index (χ3v) is 2.40. The second kappa shape index (κ2) is 4.77. The molecule has 1 rings (SSSR count). The second-order valence-electron chi connectivity index (χ2n) is 3.48. The Morgan fingerprint density at radius 2 is 2.07 bits per heavy atom. The average Bonchev–Trinajstić information content (AvgIpc) is 2.51. The molecule has 1 atom stereocenters. The smallest absolute Gasteiger partial charge is 0.326 e. The van der Waals surface area contributed by atoms with E-state index in [0.29, 0.717) is 19.4 Å². The lowest BCUT2D eigenvalue weighted by molar-refractivity contribution is -0.149. The lowest BCUT2D eigenvalue weighted by Crippen LogP contribution is -2.42. The molecule has 0 saturated carbocycles. The fraction of sp³-hybridized carbons (Fsp3) is 0.667. The number of carbonyl (C=O) groups excluding carboxylic acids is 1. The summed E-state index contributed by atoms with van der Waals surface area (Å²) in [7, 11) is 0. The molecular formula is C9H13NO5. The van der Waals surface area contributed by atoms with E-state index in [-0.39, 0.29) is 18.7 Å². The number of hydrogen-bond donors (Lipinski definition) is 2. The summed E-state index contributed by atoms with van der Waals surface area (Å²) in [5.41, 5.74) is 0. The molecular weight excluding hydrogens is 202 g/mol. The van der Waals surface area contributed by atoms with Crippen molar-refractivity contribution in [2.24, 2.45) is 0 Å². The van der Waals surface area contributed by atoms with E-state index in [9.17, 15) is 14.4 Å². The number of likely N-dealkylation sites (tertiary alicyclic amines) is 1. The molecule has 1 amide bonds. The van der Waals surface area contributed by atoms with Gasteiger partial charge in [0.15, 0.2) is 0 Å². The zero-order valence-electron chi connectivity index (χ0n) is 8.18. The van der Waals surface area contributed by atoms with E-state index in [1.165, 1.54) is 4.90 Å². The van der Waals surface area contributed by atoms with Gasteiger partial charge >= 0.3 is 11.9 Å². The molecule has 0 aromatic rings. The Morgan fingerprint density at radius 1 is 1.40 bits per heavy atom. The topological polar surface area (TPSA) is 94.9 Å². The summed E-state index contributed by atoms with van der Waals surface area (Å²) in [5.74, 6) is -2.38. The Balaban J connectivity index is 2.61. The van der Waals surface area contributed by atoms with E-state index >= 15 is 0 Å². The molecule has 1 saturated heterocycles. The zero-order chi connectivity index (χ0) is 11.4. The molecule has 1 heterocycles. The van der Waals surface area contributed by atoms with Gasteiger partial charge in [-0.25, -0.2) is 4.79 Å². The number of nitrogens with zero attached hydrogens (tertiary/aromatic N) is 1. The number of aliphatic carboxylic acids is 2. The summed E-state index contributed by atoms with van der Waals surface area (Å²) in [6.07, 6.45) is 0.740. The zero-order valence-corrected chi connectivity index (χ0v) is 8.18. The molecule has 6 heteroatoms. The fourth-order valence-electron chi connectivity index (χ4n) is 1.67. The van der Waals surface area contributed by atoms with Crippen LogP contribution in [0.2, 0.25) is 0 Å². The highest BCUT2D eigenvalue weighted by Crippen LogP contribution is 2.17. The quantitative estimate of drug-likeness (QED) is 0.669. The van der Waals surface area contributed by atoms with Crippen LogP contribution in [0.4, 0.5) is 0 Å². The molecule has 1 aliphatic rings. The number of carboxylic acids is 2. The number of carbonyl (C=O) groups is 3. The van der Waals surface area contributed by atoms with Crippen LogP contribution in [0.15, 0.2) is 0 Å². The van der Waals surface area contributed by atoms with Crippen molar-refractivity contribution in [1.82, 2.24) is 4.90 Å². The van der Waals surface area contributed by atoms with Gasteiger partial charge < -0.3 is 15.1 Å². The Kier molecular flexibility index (Phi) is 3.65. The first-order chi connectivity index (χ1) is 7.02. The molecule has 15 heavy (non-hydrogen) atoms. The minimum absolute atomic E-state index is 0.0313. The fourth-order valence-corrected chi connectivity index (χ4v) is 1.67. The highest BCUT2D eigenvalue weighted by molar-refractivity contribution is 5.85. The van der Waals surface area contributed by atoms with Crippen LogP contribution in [-0.2, 0) is 14.4 Å². The van der Waals surface area contributed by atoms with Gasteiger partial charge in [-0.15, -0.1) is 0 Å². The standard InChI is InChI=1S/C9H13NO5/c11-7-2-1-5-10(7)6(9(14)15)3-4-8(12)13/h6H,1-5H2,(H,12,13)(H,14,15). The van der Waals surface area contributed by atoms with Crippen LogP contribution in [0, 0.1) is 0 Å². The van der Waals surface area contributed by atoms with Crippen molar-refractivity contribution in [2.75, 3.05) is 6.54 Å². The highest BCUT2D eigenvalue weighted by Gasteiger charge is 2.32. The normalized spacial score (nSPS) is 17.9. The number of carboxylic acid groups (broad SMARTS) is 2. The van der Waals surface area contributed by atoms with Crippen LogP contribution in [0.3, 0.4) is 0 Å². The molecule has 0 aliphatic carbocycles. The lowest BCUT2D eigenvalue weighted by atomic mass is 10.1. The van der Waals surface area contributed by atoms with E-state index in [4.69, 9.17) is 10.2 Å². The Bertz CT molecular complexity index is 288. The molecule has 2 N–H and O–H groups in total. The number of amides is 1. The van der Waals surface area contributed by atoms with Crippen LogP contribution in [0.25, 0.3) is 0 Å². The van der Waals surface area contributed by atoms with Crippen molar-refractivity contribution < 1.29 is 24.6 Å². The third-order valence-electron chi connectivity index (χ3n) is 2.40. The molecule has 0 spiro atoms. The van der Waals surface area contributed by atoms with Crippen molar-refractivity contribution in [2.45, 2.75) is 31.7 Å². The number of rotatable bonds is 5. The monoisotopic (exact) mass is 215 g/mol. The van der Waals surface area contributed by atoms with E-state index < -0.39 is 18.0 Å². The first-order valence-electron chi connectivity index (χ1n) is 4.76. The summed E-state index contributed by atoms with van der Waals surface area (Å²) < 4.78 is 0. The molecule has 0 radical (unpaired) electrons. The number of hydrogen-bond acceptors (Lipinski definition) is 3. The third kappa shape index (κ3) is 2.93. The van der Waals surface area contributed by atoms with Crippen LogP contribution >= 0.6 is 0 Å². The largest absolute Gasteiger partial charge is 0.481 e. The van der Waals surface area contributed by atoms with E-state index in [0.717, 1.165) is 0 Å². The summed E-state index contributed by atoms with van der Waals surface area (Å²) >= 11 is 0. The Labute approximate surface area is 86.5 Å². The van der Waals surface area contributed by atoms with Gasteiger partial charge in [0, 0.05) is 19.4 Å². The van der Waals surface area contributed by atoms with Gasteiger partial charge in [-0.2, -0.15) is 0 Å². The van der Waals surface area contributed by atoms with Gasteiger partial charge in [-0.05, 0) is 12.8 Å². The highest BCUT2D eigenvalue weighted by atomic mass is 16.4. The second-order valence-corrected chi connectivity index (χ2v) is 3.48. The maximum atomic E-state index is 11.3. The molecule has 1 aliphatic heterocycles. The minimum atomic E-state index is -1.13. The first kappa shape index (κ1) is 11.5. The van der Waals surface area contributed by atoms with E-state index in [1.807, 2.05) is 0 Å². The molecule has 0 aromatic heterocycles. The first-order valence-corrected chi connectivity index (χ1v) is 4.76. The van der Waals surface area contributed by atoms with Gasteiger partial charge in [0.05, 0.1) is 0 Å². The molecule has 1 fully saturated rings. The SMILES string of the molecule is O=C(O)CCC(C(=O)O)N1CCCC1=O. The van der Waals surface area contributed by atoms with Crippen molar-refractivity contribution >= 4 is 17.8 Å². The van der Waals surface area contributed by atoms with Gasteiger partial charge in [0.2, 0.25) is 5.91 Å². The lowest BCUT2D eigenvalue weighted by Gasteiger charge is -2.23. The van der Waals surface area contributed by atoms with Crippen LogP contribution in [-0.4, -0.2) is 45.5 Å². The summed E-state index contributed by atoms with van der Waals surface area (Å²) in [5, 5.41) is 17.3. The molecule has 1 unspecified atom stereocenters. The molecule has 0 bridgehead atoms. The van der Waals surface area contributed by atoms with Crippen molar-refractivity contribution in [3.05, 3.63) is 0 Å². The van der Waals surface area contributed by atoms with Gasteiger partial charge in [-0.1, -0.05) is 0 Å². The molecule has 0 aromatic carbocycles. The van der Waals surface area contributed by atoms with Gasteiger partial charge in [0.1, 0.15) is 6.04 Å². The van der Waals surface area contributed by atoms with Gasteiger partial charge in [0.25, 0.3) is 0 Å². The predicted octanol–water partition coefficient (Wildman–Crippen LogP) is -0.0732. The van der Waals surface area contributed by atoms with Crippen molar-refractivity contribution in [3.8, 4) is 0 Å². The molecule has 84 valence electrons. The predicted molar refractivity (Wildman–Crippen MR) is 49.2 cm³/mol. The Hall–Kier alpha value is -1.59. The van der Waals surface area contributed by atoms with E-state index in [1.54, 1.807) is 0 Å². The minimum Gasteiger partial charge on any atom is -0.481 e. The molecule has 6 nitrogen and oxygen atoms in total. The summed E-state index contributed by atoms with van der Waals surface area (Å²) in [6.45, 7) is 0.412. The maximum Gasteiger partial charge on any atom is 0.326 e. The van der Waals surface area contributed by atoms with Crippen LogP contribution in [0.1, 0.15) is 25.7 Å². The van der Waals surface area contributed by atoms with E-state index in [2.05, 4.69) is 0 Å². The van der Waals surface area contributed by atoms with Crippen LogP contribution < -0.4 is 0 Å². The van der Waals surface area contributed by atoms with Crippen molar-refractivity contribution in [3.63, 3.8) is 0 Å².